The quantitative estimate of drug-likeness (QED) is 0.112. The van der Waals surface area contributed by atoms with E-state index in [1.54, 1.807) is 18.3 Å². The molecule has 2 N–H and O–H groups in total. The summed E-state index contributed by atoms with van der Waals surface area (Å²) in [5, 5.41) is 5.63. The molecule has 1 heterocycles. The van der Waals surface area contributed by atoms with Gasteiger partial charge in [-0.1, -0.05) is 79.8 Å². The first-order valence-corrected chi connectivity index (χ1v) is 14.7. The van der Waals surface area contributed by atoms with E-state index in [9.17, 15) is 9.59 Å². The van der Waals surface area contributed by atoms with Crippen LogP contribution in [0.1, 0.15) is 68.6 Å². The molecule has 0 radical (unpaired) electrons. The van der Waals surface area contributed by atoms with Gasteiger partial charge in [0.25, 0.3) is 5.91 Å². The van der Waals surface area contributed by atoms with Gasteiger partial charge in [0.05, 0.1) is 32.0 Å². The topological polar surface area (TPSA) is 89.5 Å². The van der Waals surface area contributed by atoms with Gasteiger partial charge in [0.15, 0.2) is 0 Å². The van der Waals surface area contributed by atoms with Crippen molar-refractivity contribution in [3.05, 3.63) is 103 Å². The molecule has 2 amide bonds. The number of hydrogen-bond donors (Lipinski definition) is 2. The van der Waals surface area contributed by atoms with Gasteiger partial charge in [-0.25, -0.2) is 0 Å². The number of ether oxygens (including phenoxy) is 2. The molecular weight excluding hydrogens is 514 g/mol. The van der Waals surface area contributed by atoms with Crippen LogP contribution in [0.3, 0.4) is 0 Å². The van der Waals surface area contributed by atoms with Crippen LogP contribution in [0, 0.1) is 0 Å². The van der Waals surface area contributed by atoms with Gasteiger partial charge in [0.1, 0.15) is 0 Å². The molecule has 41 heavy (non-hydrogen) atoms. The molecule has 0 spiro atoms. The Morgan fingerprint density at radius 2 is 1.22 bits per heavy atom. The molecule has 7 heteroatoms. The molecule has 1 aromatic heterocycles. The molecule has 7 nitrogen and oxygen atoms in total. The van der Waals surface area contributed by atoms with E-state index in [1.165, 1.54) is 6.20 Å². The van der Waals surface area contributed by atoms with E-state index < -0.39 is 0 Å². The summed E-state index contributed by atoms with van der Waals surface area (Å²) in [6.07, 6.45) is 36.3. The minimum Gasteiger partial charge on any atom is -0.377 e. The number of allylic oxidation sites excluding steroid dienone is 12. The number of hydrogen-bond acceptors (Lipinski definition) is 5. The highest BCUT2D eigenvalue weighted by atomic mass is 16.5. The number of carbonyl (C=O) groups is 2. The van der Waals surface area contributed by atoms with E-state index in [2.05, 4.69) is 89.4 Å². The minimum absolute atomic E-state index is 0.0220. The Hall–Kier alpha value is -3.55. The van der Waals surface area contributed by atoms with Crippen LogP contribution in [0.15, 0.2) is 97.4 Å². The Morgan fingerprint density at radius 1 is 0.707 bits per heavy atom. The summed E-state index contributed by atoms with van der Waals surface area (Å²) in [5.41, 5.74) is 0.523. The summed E-state index contributed by atoms with van der Waals surface area (Å²) in [6.45, 7) is 4.75. The fraction of sp³-hybridized carbons (Fsp3) is 0.441. The van der Waals surface area contributed by atoms with Crippen molar-refractivity contribution >= 4 is 11.8 Å². The van der Waals surface area contributed by atoms with Crippen molar-refractivity contribution in [1.82, 2.24) is 15.6 Å². The lowest BCUT2D eigenvalue weighted by Crippen LogP contribution is -2.28. The van der Waals surface area contributed by atoms with Gasteiger partial charge in [-0.3, -0.25) is 14.6 Å². The molecule has 0 atom stereocenters. The van der Waals surface area contributed by atoms with Crippen molar-refractivity contribution in [1.29, 1.82) is 0 Å². The Bertz CT molecular complexity index is 965. The number of nitrogens with one attached hydrogen (secondary N) is 2. The van der Waals surface area contributed by atoms with Crippen LogP contribution >= 0.6 is 0 Å². The van der Waals surface area contributed by atoms with Crippen molar-refractivity contribution in [2.24, 2.45) is 0 Å². The predicted molar refractivity (Wildman–Crippen MR) is 169 cm³/mol. The van der Waals surface area contributed by atoms with Crippen LogP contribution in [0.2, 0.25) is 0 Å². The van der Waals surface area contributed by atoms with Gasteiger partial charge in [0, 0.05) is 31.9 Å². The maximum atomic E-state index is 11.9. The molecule has 0 unspecified atom stereocenters. The lowest BCUT2D eigenvalue weighted by atomic mass is 10.2. The summed E-state index contributed by atoms with van der Waals surface area (Å²) in [5.74, 6) is -0.150. The summed E-state index contributed by atoms with van der Waals surface area (Å²) in [6, 6.07) is 3.43. The Morgan fingerprint density at radius 3 is 1.73 bits per heavy atom. The Labute approximate surface area is 247 Å². The van der Waals surface area contributed by atoms with Crippen LogP contribution < -0.4 is 10.6 Å². The second-order valence-corrected chi connectivity index (χ2v) is 9.03. The zero-order valence-electron chi connectivity index (χ0n) is 24.7. The maximum Gasteiger partial charge on any atom is 0.252 e. The molecule has 0 aliphatic heterocycles. The number of amides is 2. The highest BCUT2D eigenvalue weighted by Crippen LogP contribution is 1.98. The zero-order valence-corrected chi connectivity index (χ0v) is 24.7. The highest BCUT2D eigenvalue weighted by Gasteiger charge is 2.03. The van der Waals surface area contributed by atoms with Crippen molar-refractivity contribution < 1.29 is 19.1 Å². The van der Waals surface area contributed by atoms with Crippen molar-refractivity contribution in [2.45, 2.75) is 58.3 Å². The van der Waals surface area contributed by atoms with E-state index in [4.69, 9.17) is 9.47 Å². The first-order valence-electron chi connectivity index (χ1n) is 14.7. The number of rotatable bonds is 24. The van der Waals surface area contributed by atoms with Crippen LogP contribution in [0.5, 0.6) is 0 Å². The monoisotopic (exact) mass is 563 g/mol. The molecule has 1 aromatic rings. The normalized spacial score (nSPS) is 12.2. The van der Waals surface area contributed by atoms with Crippen LogP contribution in [0.4, 0.5) is 0 Å². The van der Waals surface area contributed by atoms with Crippen LogP contribution in [-0.4, -0.2) is 56.3 Å². The highest BCUT2D eigenvalue weighted by molar-refractivity contribution is 5.93. The summed E-state index contributed by atoms with van der Waals surface area (Å²) in [4.78, 5) is 27.7. The maximum absolute atomic E-state index is 11.9. The number of nitrogens with zero attached hydrogens (tertiary/aromatic N) is 1. The van der Waals surface area contributed by atoms with Gasteiger partial charge in [-0.05, 0) is 57.1 Å². The van der Waals surface area contributed by atoms with Gasteiger partial charge >= 0.3 is 0 Å². The molecule has 0 saturated heterocycles. The van der Waals surface area contributed by atoms with Crippen LogP contribution in [0.25, 0.3) is 0 Å². The first kappa shape index (κ1) is 35.5. The number of pyridine rings is 1. The molecule has 0 saturated carbocycles. The zero-order chi connectivity index (χ0) is 29.5. The van der Waals surface area contributed by atoms with Crippen molar-refractivity contribution in [3.8, 4) is 0 Å². The first-order chi connectivity index (χ1) is 20.2. The molecule has 224 valence electrons. The van der Waals surface area contributed by atoms with E-state index >= 15 is 0 Å². The third-order valence-electron chi connectivity index (χ3n) is 5.53. The lowest BCUT2D eigenvalue weighted by molar-refractivity contribution is -0.121. The largest absolute Gasteiger partial charge is 0.377 e. The number of carbonyl (C=O) groups excluding carboxylic acids is 2. The van der Waals surface area contributed by atoms with E-state index in [1.807, 2.05) is 6.08 Å². The Balaban J connectivity index is 1.87. The SMILES string of the molecule is CCC=CCC=CCC=CCC=CCC=CCC=CCCC(=O)NCCOCCOCCNC(=O)c1cccnc1. The molecule has 0 bridgehead atoms. The number of aromatic nitrogens is 1. The molecule has 0 aromatic carbocycles. The molecule has 0 aliphatic rings. The second-order valence-electron chi connectivity index (χ2n) is 9.03. The lowest BCUT2D eigenvalue weighted by Gasteiger charge is -2.08. The van der Waals surface area contributed by atoms with Gasteiger partial charge in [-0.2, -0.15) is 0 Å². The molecule has 1 rings (SSSR count). The fourth-order valence-electron chi connectivity index (χ4n) is 3.36. The second kappa shape index (κ2) is 28.0. The van der Waals surface area contributed by atoms with Crippen molar-refractivity contribution in [3.63, 3.8) is 0 Å². The standard InChI is InChI=1S/C34H49N3O4/c1-2-3-4-5-6-7-8-9-10-11-12-13-14-15-16-17-18-19-20-23-33(38)36-25-27-40-29-30-41-28-26-37-34(39)32-22-21-24-35-31-32/h3-4,6-7,9-10,12-13,15-16,18-19,21-22,24,31H,2,5,8,11,14,17,20,23,25-30H2,1H3,(H,36,38)(H,37,39). The Kier molecular flexibility index (Phi) is 24.2. The third kappa shape index (κ3) is 24.0. The van der Waals surface area contributed by atoms with Crippen LogP contribution in [-0.2, 0) is 14.3 Å². The van der Waals surface area contributed by atoms with E-state index in [0.29, 0.717) is 51.5 Å². The summed E-state index contributed by atoms with van der Waals surface area (Å²) >= 11 is 0. The summed E-state index contributed by atoms with van der Waals surface area (Å²) < 4.78 is 10.9. The van der Waals surface area contributed by atoms with E-state index in [-0.39, 0.29) is 11.8 Å². The fourth-order valence-corrected chi connectivity index (χ4v) is 3.36. The third-order valence-corrected chi connectivity index (χ3v) is 5.53. The van der Waals surface area contributed by atoms with Crippen molar-refractivity contribution in [2.75, 3.05) is 39.5 Å². The summed E-state index contributed by atoms with van der Waals surface area (Å²) in [7, 11) is 0. The van der Waals surface area contributed by atoms with Gasteiger partial charge < -0.3 is 20.1 Å². The molecule has 0 aliphatic carbocycles. The van der Waals surface area contributed by atoms with E-state index in [0.717, 1.165) is 44.9 Å². The molecular formula is C34H49N3O4. The average molecular weight is 564 g/mol. The average Bonchev–Trinajstić information content (AvgIpc) is 2.99. The van der Waals surface area contributed by atoms with Gasteiger partial charge in [0.2, 0.25) is 5.91 Å². The molecule has 0 fully saturated rings. The smallest absolute Gasteiger partial charge is 0.252 e. The minimum atomic E-state index is -0.172. The predicted octanol–water partition coefficient (Wildman–Crippen LogP) is 6.44. The van der Waals surface area contributed by atoms with Gasteiger partial charge in [-0.15, -0.1) is 0 Å².